The number of nitrogens with one attached hydrogen (secondary N) is 1. The number of methoxy groups -OCH3 is 1. The third kappa shape index (κ3) is 3.09. The first-order chi connectivity index (χ1) is 8.20. The predicted molar refractivity (Wildman–Crippen MR) is 71.3 cm³/mol. The first-order valence-corrected chi connectivity index (χ1v) is 6.83. The van der Waals surface area contributed by atoms with Gasteiger partial charge in [0.15, 0.2) is 0 Å². The van der Waals surface area contributed by atoms with E-state index in [2.05, 4.69) is 38.1 Å². The molecule has 1 N–H and O–H groups in total. The van der Waals surface area contributed by atoms with Crippen LogP contribution in [0.15, 0.2) is 10.7 Å². The van der Waals surface area contributed by atoms with Crippen LogP contribution < -0.4 is 10.1 Å². The SMILES string of the molecule is COc1nc(NC2CCCCC2C)ncc1Br. The second-order valence-electron chi connectivity index (χ2n) is 4.56. The van der Waals surface area contributed by atoms with Gasteiger partial charge in [-0.3, -0.25) is 0 Å². The molecule has 0 amide bonds. The number of aromatic nitrogens is 2. The lowest BCUT2D eigenvalue weighted by Crippen LogP contribution is -2.31. The highest BCUT2D eigenvalue weighted by molar-refractivity contribution is 9.10. The lowest BCUT2D eigenvalue weighted by atomic mass is 9.86. The number of hydrogen-bond acceptors (Lipinski definition) is 4. The molecular weight excluding hydrogens is 282 g/mol. The van der Waals surface area contributed by atoms with Crippen molar-refractivity contribution in [3.8, 4) is 5.88 Å². The fourth-order valence-corrected chi connectivity index (χ4v) is 2.61. The van der Waals surface area contributed by atoms with E-state index in [0.29, 0.717) is 23.8 Å². The average molecular weight is 300 g/mol. The van der Waals surface area contributed by atoms with E-state index in [1.807, 2.05) is 0 Å². The zero-order chi connectivity index (χ0) is 12.3. The Kier molecular flexibility index (Phi) is 4.20. The molecule has 0 bridgehead atoms. The second kappa shape index (κ2) is 5.67. The van der Waals surface area contributed by atoms with Crippen LogP contribution in [0.3, 0.4) is 0 Å². The van der Waals surface area contributed by atoms with E-state index in [4.69, 9.17) is 4.74 Å². The fourth-order valence-electron chi connectivity index (χ4n) is 2.26. The van der Waals surface area contributed by atoms with Gasteiger partial charge in [-0.1, -0.05) is 19.8 Å². The molecule has 17 heavy (non-hydrogen) atoms. The highest BCUT2D eigenvalue weighted by Gasteiger charge is 2.22. The van der Waals surface area contributed by atoms with Gasteiger partial charge in [-0.2, -0.15) is 4.98 Å². The zero-order valence-corrected chi connectivity index (χ0v) is 11.8. The topological polar surface area (TPSA) is 47.0 Å². The molecule has 1 fully saturated rings. The van der Waals surface area contributed by atoms with Crippen molar-refractivity contribution in [2.75, 3.05) is 12.4 Å². The maximum absolute atomic E-state index is 5.16. The summed E-state index contributed by atoms with van der Waals surface area (Å²) in [5.41, 5.74) is 0. The number of ether oxygens (including phenoxy) is 1. The standard InChI is InChI=1S/C12H18BrN3O/c1-8-5-3-4-6-10(8)15-12-14-7-9(13)11(16-12)17-2/h7-8,10H,3-6H2,1-2H3,(H,14,15,16). The van der Waals surface area contributed by atoms with Crippen LogP contribution in [0, 0.1) is 5.92 Å². The minimum Gasteiger partial charge on any atom is -0.480 e. The predicted octanol–water partition coefficient (Wildman–Crippen LogP) is 3.24. The number of nitrogens with zero attached hydrogens (tertiary/aromatic N) is 2. The smallest absolute Gasteiger partial charge is 0.232 e. The Hall–Kier alpha value is -0.840. The molecule has 1 aromatic heterocycles. The van der Waals surface area contributed by atoms with Gasteiger partial charge in [0.25, 0.3) is 0 Å². The van der Waals surface area contributed by atoms with Crippen LogP contribution in [-0.4, -0.2) is 23.1 Å². The molecule has 0 aromatic carbocycles. The summed E-state index contributed by atoms with van der Waals surface area (Å²) in [6, 6.07) is 0.481. The molecular formula is C12H18BrN3O. The molecule has 94 valence electrons. The minimum absolute atomic E-state index is 0.481. The molecule has 0 radical (unpaired) electrons. The number of anilines is 1. The van der Waals surface area contributed by atoms with Gasteiger partial charge in [-0.05, 0) is 34.7 Å². The molecule has 0 saturated heterocycles. The van der Waals surface area contributed by atoms with Crippen molar-refractivity contribution < 1.29 is 4.74 Å². The zero-order valence-electron chi connectivity index (χ0n) is 10.2. The first-order valence-electron chi connectivity index (χ1n) is 6.03. The van der Waals surface area contributed by atoms with E-state index in [9.17, 15) is 0 Å². The highest BCUT2D eigenvalue weighted by Crippen LogP contribution is 2.27. The lowest BCUT2D eigenvalue weighted by Gasteiger charge is -2.29. The van der Waals surface area contributed by atoms with Crippen LogP contribution in [0.4, 0.5) is 5.95 Å². The molecule has 2 rings (SSSR count). The fraction of sp³-hybridized carbons (Fsp3) is 0.667. The van der Waals surface area contributed by atoms with Gasteiger partial charge in [-0.25, -0.2) is 4.98 Å². The van der Waals surface area contributed by atoms with Gasteiger partial charge in [0.2, 0.25) is 11.8 Å². The lowest BCUT2D eigenvalue weighted by molar-refractivity contribution is 0.347. The van der Waals surface area contributed by atoms with Gasteiger partial charge in [0.05, 0.1) is 17.8 Å². The summed E-state index contributed by atoms with van der Waals surface area (Å²) in [5.74, 6) is 1.91. The molecule has 1 heterocycles. The highest BCUT2D eigenvalue weighted by atomic mass is 79.9. The van der Waals surface area contributed by atoms with E-state index in [1.54, 1.807) is 13.3 Å². The molecule has 1 aliphatic carbocycles. The summed E-state index contributed by atoms with van der Waals surface area (Å²) in [5, 5.41) is 3.41. The Morgan fingerprint density at radius 1 is 1.41 bits per heavy atom. The van der Waals surface area contributed by atoms with Crippen molar-refractivity contribution in [3.63, 3.8) is 0 Å². The van der Waals surface area contributed by atoms with Gasteiger partial charge < -0.3 is 10.1 Å². The van der Waals surface area contributed by atoms with Crippen molar-refractivity contribution in [1.82, 2.24) is 9.97 Å². The van der Waals surface area contributed by atoms with Crippen LogP contribution in [0.1, 0.15) is 32.6 Å². The molecule has 1 aromatic rings. The summed E-state index contributed by atoms with van der Waals surface area (Å²) < 4.78 is 5.94. The van der Waals surface area contributed by atoms with Crippen molar-refractivity contribution in [1.29, 1.82) is 0 Å². The summed E-state index contributed by atoms with van der Waals surface area (Å²) in [4.78, 5) is 8.59. The maximum Gasteiger partial charge on any atom is 0.232 e. The van der Waals surface area contributed by atoms with Crippen LogP contribution in [0.25, 0.3) is 0 Å². The number of hydrogen-bond donors (Lipinski definition) is 1. The third-order valence-corrected chi connectivity index (χ3v) is 3.88. The molecule has 0 spiro atoms. The van der Waals surface area contributed by atoms with Crippen LogP contribution in [-0.2, 0) is 0 Å². The molecule has 4 nitrogen and oxygen atoms in total. The molecule has 0 aliphatic heterocycles. The van der Waals surface area contributed by atoms with Gasteiger partial charge in [0, 0.05) is 6.04 Å². The van der Waals surface area contributed by atoms with Crippen molar-refractivity contribution in [3.05, 3.63) is 10.7 Å². The third-order valence-electron chi connectivity index (χ3n) is 3.33. The van der Waals surface area contributed by atoms with E-state index >= 15 is 0 Å². The van der Waals surface area contributed by atoms with Crippen LogP contribution in [0.5, 0.6) is 5.88 Å². The molecule has 5 heteroatoms. The molecule has 2 atom stereocenters. The first kappa shape index (κ1) is 12.6. The van der Waals surface area contributed by atoms with Gasteiger partial charge in [-0.15, -0.1) is 0 Å². The van der Waals surface area contributed by atoms with Gasteiger partial charge >= 0.3 is 0 Å². The average Bonchev–Trinajstić information content (AvgIpc) is 2.34. The Labute approximate surface area is 110 Å². The molecule has 1 aliphatic rings. The summed E-state index contributed by atoms with van der Waals surface area (Å²) >= 11 is 3.35. The molecule has 2 unspecified atom stereocenters. The minimum atomic E-state index is 0.481. The second-order valence-corrected chi connectivity index (χ2v) is 5.42. The van der Waals surface area contributed by atoms with Crippen molar-refractivity contribution in [2.24, 2.45) is 5.92 Å². The van der Waals surface area contributed by atoms with E-state index in [-0.39, 0.29) is 0 Å². The summed E-state index contributed by atoms with van der Waals surface area (Å²) in [7, 11) is 1.61. The van der Waals surface area contributed by atoms with Crippen molar-refractivity contribution >= 4 is 21.9 Å². The summed E-state index contributed by atoms with van der Waals surface area (Å²) in [6.45, 7) is 2.28. The maximum atomic E-state index is 5.16. The van der Waals surface area contributed by atoms with Crippen molar-refractivity contribution in [2.45, 2.75) is 38.6 Å². The van der Waals surface area contributed by atoms with E-state index in [0.717, 1.165) is 4.47 Å². The van der Waals surface area contributed by atoms with E-state index in [1.165, 1.54) is 25.7 Å². The number of rotatable bonds is 3. The normalized spacial score (nSPS) is 24.4. The Balaban J connectivity index is 2.07. The Bertz CT molecular complexity index is 386. The van der Waals surface area contributed by atoms with Gasteiger partial charge in [0.1, 0.15) is 0 Å². The Morgan fingerprint density at radius 2 is 2.18 bits per heavy atom. The Morgan fingerprint density at radius 3 is 2.88 bits per heavy atom. The van der Waals surface area contributed by atoms with Crippen LogP contribution >= 0.6 is 15.9 Å². The largest absolute Gasteiger partial charge is 0.480 e. The molecule has 1 saturated carbocycles. The number of halogens is 1. The van der Waals surface area contributed by atoms with E-state index < -0.39 is 0 Å². The quantitative estimate of drug-likeness (QED) is 0.931. The monoisotopic (exact) mass is 299 g/mol. The summed E-state index contributed by atoms with van der Waals surface area (Å²) in [6.07, 6.45) is 6.83. The van der Waals surface area contributed by atoms with Crippen LogP contribution in [0.2, 0.25) is 0 Å².